The van der Waals surface area contributed by atoms with Crippen molar-refractivity contribution in [3.8, 4) is 0 Å². The largest absolute Gasteiger partial charge is 0.373 e. The van der Waals surface area contributed by atoms with Crippen LogP contribution in [0.5, 0.6) is 0 Å². The van der Waals surface area contributed by atoms with Crippen molar-refractivity contribution in [1.82, 2.24) is 9.55 Å². The Hall–Kier alpha value is -1.55. The second kappa shape index (κ2) is 6.75. The molecule has 0 amide bonds. The van der Waals surface area contributed by atoms with Crippen LogP contribution in [0.3, 0.4) is 0 Å². The van der Waals surface area contributed by atoms with Crippen LogP contribution in [-0.2, 0) is 0 Å². The Labute approximate surface area is 145 Å². The third-order valence-electron chi connectivity index (χ3n) is 5.65. The maximum Gasteiger partial charge on any atom is 0.206 e. The van der Waals surface area contributed by atoms with Gasteiger partial charge >= 0.3 is 0 Å². The number of aliphatic hydroxyl groups is 1. The van der Waals surface area contributed by atoms with Crippen LogP contribution in [0, 0.1) is 11.8 Å². The minimum atomic E-state index is -0.579. The molecular weight excluding hydrogens is 298 g/mol. The molecule has 3 rings (SSSR count). The summed E-state index contributed by atoms with van der Waals surface area (Å²) < 4.78 is 2.32. The van der Waals surface area contributed by atoms with E-state index >= 15 is 0 Å². The molecule has 1 unspecified atom stereocenters. The van der Waals surface area contributed by atoms with Crippen LogP contribution < -0.4 is 5.32 Å². The van der Waals surface area contributed by atoms with Crippen LogP contribution in [-0.4, -0.2) is 20.9 Å². The first-order valence-electron chi connectivity index (χ1n) is 9.35. The van der Waals surface area contributed by atoms with Gasteiger partial charge in [0.2, 0.25) is 5.95 Å². The fraction of sp³-hybridized carbons (Fsp3) is 0.650. The molecule has 2 aromatic rings. The number of aromatic nitrogens is 2. The van der Waals surface area contributed by atoms with E-state index in [-0.39, 0.29) is 5.92 Å². The zero-order valence-corrected chi connectivity index (χ0v) is 15.6. The van der Waals surface area contributed by atoms with Crippen LogP contribution >= 0.6 is 0 Å². The average Bonchev–Trinajstić information content (AvgIpc) is 2.82. The number of anilines is 1. The van der Waals surface area contributed by atoms with E-state index in [4.69, 9.17) is 4.98 Å². The Kier molecular flexibility index (Phi) is 4.86. The Morgan fingerprint density at radius 1 is 1.17 bits per heavy atom. The van der Waals surface area contributed by atoms with E-state index < -0.39 is 6.23 Å². The maximum absolute atomic E-state index is 10.5. The maximum atomic E-state index is 10.5. The van der Waals surface area contributed by atoms with Gasteiger partial charge in [0.1, 0.15) is 6.23 Å². The molecule has 0 aliphatic heterocycles. The predicted molar refractivity (Wildman–Crippen MR) is 100 cm³/mol. The summed E-state index contributed by atoms with van der Waals surface area (Å²) in [6.07, 6.45) is 3.09. The summed E-state index contributed by atoms with van der Waals surface area (Å²) in [6, 6.07) is 7.06. The molecule has 4 heteroatoms. The molecule has 1 aromatic carbocycles. The second-order valence-corrected chi connectivity index (χ2v) is 7.99. The number of nitrogens with one attached hydrogen (secondary N) is 1. The van der Waals surface area contributed by atoms with Crippen molar-refractivity contribution >= 4 is 17.0 Å². The lowest BCUT2D eigenvalue weighted by Gasteiger charge is -2.31. The van der Waals surface area contributed by atoms with Gasteiger partial charge in [0, 0.05) is 12.0 Å². The van der Waals surface area contributed by atoms with Gasteiger partial charge in [-0.05, 0) is 48.8 Å². The number of rotatable bonds is 6. The number of nitrogens with zero attached hydrogens (tertiary/aromatic N) is 2. The number of benzene rings is 1. The normalized spacial score (nSPS) is 18.2. The smallest absolute Gasteiger partial charge is 0.206 e. The van der Waals surface area contributed by atoms with E-state index in [1.165, 1.54) is 30.3 Å². The number of aliphatic hydroxyl groups excluding tert-OH is 1. The SMILES string of the molecule is CC(C)c1ccc2nc(NC(O)[C@@H](C)C(C)C)n(C3CCC3)c2c1. The molecular formula is C20H31N3O. The molecule has 2 atom stereocenters. The Morgan fingerprint density at radius 2 is 1.88 bits per heavy atom. The number of imidazole rings is 1. The first-order valence-corrected chi connectivity index (χ1v) is 9.35. The highest BCUT2D eigenvalue weighted by molar-refractivity contribution is 5.80. The zero-order chi connectivity index (χ0) is 17.4. The highest BCUT2D eigenvalue weighted by Gasteiger charge is 2.27. The number of fused-ring (bicyclic) bond motifs is 1. The Bertz CT molecular complexity index is 700. The standard InChI is InChI=1S/C20H31N3O/c1-12(2)14(5)19(24)22-20-21-17-10-9-15(13(3)4)11-18(17)23(20)16-7-6-8-16/h9-14,16,19,24H,6-8H2,1-5H3,(H,21,22)/t14-,19?/m0/s1. The second-order valence-electron chi connectivity index (χ2n) is 7.99. The first kappa shape index (κ1) is 17.3. The van der Waals surface area contributed by atoms with Crippen LogP contribution in [0.15, 0.2) is 18.2 Å². The molecule has 1 aliphatic rings. The summed E-state index contributed by atoms with van der Waals surface area (Å²) >= 11 is 0. The summed E-state index contributed by atoms with van der Waals surface area (Å²) in [5, 5.41) is 13.8. The third kappa shape index (κ3) is 3.16. The lowest BCUT2D eigenvalue weighted by atomic mass is 9.92. The van der Waals surface area contributed by atoms with Gasteiger partial charge in [-0.15, -0.1) is 0 Å². The van der Waals surface area contributed by atoms with Gasteiger partial charge in [-0.25, -0.2) is 4.98 Å². The molecule has 0 radical (unpaired) electrons. The van der Waals surface area contributed by atoms with Gasteiger partial charge in [0.05, 0.1) is 11.0 Å². The summed E-state index contributed by atoms with van der Waals surface area (Å²) in [5.74, 6) is 1.91. The quantitative estimate of drug-likeness (QED) is 0.741. The Balaban J connectivity index is 2.00. The van der Waals surface area contributed by atoms with Crippen molar-refractivity contribution in [2.45, 2.75) is 72.1 Å². The molecule has 24 heavy (non-hydrogen) atoms. The minimum Gasteiger partial charge on any atom is -0.373 e. The molecule has 0 spiro atoms. The third-order valence-corrected chi connectivity index (χ3v) is 5.65. The van der Waals surface area contributed by atoms with E-state index in [9.17, 15) is 5.11 Å². The lowest BCUT2D eigenvalue weighted by molar-refractivity contribution is 0.115. The molecule has 4 nitrogen and oxygen atoms in total. The van der Waals surface area contributed by atoms with Crippen molar-refractivity contribution in [2.75, 3.05) is 5.32 Å². The summed E-state index contributed by atoms with van der Waals surface area (Å²) in [7, 11) is 0. The van der Waals surface area contributed by atoms with E-state index in [1.807, 2.05) is 0 Å². The van der Waals surface area contributed by atoms with Gasteiger partial charge < -0.3 is 15.0 Å². The highest BCUT2D eigenvalue weighted by atomic mass is 16.3. The average molecular weight is 329 g/mol. The fourth-order valence-electron chi connectivity index (χ4n) is 3.21. The highest BCUT2D eigenvalue weighted by Crippen LogP contribution is 2.38. The van der Waals surface area contributed by atoms with Crippen LogP contribution in [0.1, 0.15) is 71.4 Å². The van der Waals surface area contributed by atoms with E-state index in [0.717, 1.165) is 11.5 Å². The number of hydrogen-bond acceptors (Lipinski definition) is 3. The van der Waals surface area contributed by atoms with Gasteiger partial charge in [0.15, 0.2) is 0 Å². The topological polar surface area (TPSA) is 50.1 Å². The van der Waals surface area contributed by atoms with Gasteiger partial charge in [-0.2, -0.15) is 0 Å². The zero-order valence-electron chi connectivity index (χ0n) is 15.6. The molecule has 0 saturated heterocycles. The molecule has 1 fully saturated rings. The van der Waals surface area contributed by atoms with Crippen molar-refractivity contribution in [1.29, 1.82) is 0 Å². The molecule has 1 saturated carbocycles. The van der Waals surface area contributed by atoms with Crippen molar-refractivity contribution in [3.05, 3.63) is 23.8 Å². The predicted octanol–water partition coefficient (Wildman–Crippen LogP) is 4.91. The summed E-state index contributed by atoms with van der Waals surface area (Å²) in [6.45, 7) is 10.8. The molecule has 132 valence electrons. The number of hydrogen-bond donors (Lipinski definition) is 2. The lowest BCUT2D eigenvalue weighted by Crippen LogP contribution is -2.32. The molecule has 1 aromatic heterocycles. The van der Waals surface area contributed by atoms with Gasteiger partial charge in [-0.1, -0.05) is 40.7 Å². The summed E-state index contributed by atoms with van der Waals surface area (Å²) in [4.78, 5) is 4.79. The first-order chi connectivity index (χ1) is 11.4. The molecule has 1 heterocycles. The van der Waals surface area contributed by atoms with Crippen LogP contribution in [0.25, 0.3) is 11.0 Å². The van der Waals surface area contributed by atoms with Gasteiger partial charge in [0.25, 0.3) is 0 Å². The van der Waals surface area contributed by atoms with Crippen LogP contribution in [0.4, 0.5) is 5.95 Å². The Morgan fingerprint density at radius 3 is 2.42 bits per heavy atom. The van der Waals surface area contributed by atoms with Crippen molar-refractivity contribution in [2.24, 2.45) is 11.8 Å². The fourth-order valence-corrected chi connectivity index (χ4v) is 3.21. The van der Waals surface area contributed by atoms with Crippen molar-refractivity contribution < 1.29 is 5.11 Å². The van der Waals surface area contributed by atoms with Crippen LogP contribution in [0.2, 0.25) is 0 Å². The van der Waals surface area contributed by atoms with Gasteiger partial charge in [-0.3, -0.25) is 0 Å². The molecule has 1 aliphatic carbocycles. The minimum absolute atomic E-state index is 0.172. The van der Waals surface area contributed by atoms with E-state index in [0.29, 0.717) is 17.9 Å². The summed E-state index contributed by atoms with van der Waals surface area (Å²) in [5.41, 5.74) is 3.54. The molecule has 0 bridgehead atoms. The molecule has 2 N–H and O–H groups in total. The van der Waals surface area contributed by atoms with E-state index in [2.05, 4.69) is 62.7 Å². The van der Waals surface area contributed by atoms with Crippen molar-refractivity contribution in [3.63, 3.8) is 0 Å². The van der Waals surface area contributed by atoms with E-state index in [1.54, 1.807) is 0 Å². The monoisotopic (exact) mass is 329 g/mol.